The minimum atomic E-state index is -0.664. The van der Waals surface area contributed by atoms with Crippen molar-refractivity contribution in [2.75, 3.05) is 0 Å². The Kier molecular flexibility index (Phi) is 3.24. The Morgan fingerprint density at radius 1 is 1.22 bits per heavy atom. The monoisotopic (exact) mass is 251 g/mol. The second-order valence-corrected chi connectivity index (χ2v) is 5.64. The molecule has 1 aliphatic rings. The molecule has 0 amide bonds. The zero-order chi connectivity index (χ0) is 13.6. The van der Waals surface area contributed by atoms with Gasteiger partial charge in [-0.05, 0) is 40.2 Å². The summed E-state index contributed by atoms with van der Waals surface area (Å²) in [5, 5.41) is 0. The van der Waals surface area contributed by atoms with E-state index in [4.69, 9.17) is 9.31 Å². The van der Waals surface area contributed by atoms with Crippen molar-refractivity contribution < 1.29 is 13.7 Å². The molecule has 0 aliphatic carbocycles. The number of rotatable bonds is 2. The minimum Gasteiger partial charge on any atom is -0.399 e. The quantitative estimate of drug-likeness (QED) is 0.754. The van der Waals surface area contributed by atoms with E-state index in [2.05, 4.69) is 4.98 Å². The maximum Gasteiger partial charge on any atom is 0.497 e. The van der Waals surface area contributed by atoms with Crippen LogP contribution < -0.4 is 5.46 Å². The standard InChI is InChI=1S/C13H19BFNO2/c1-6-9-7-10(11(15)8-16-9)14-17-12(2,3)13(4,5)18-14/h7-8H,6H2,1-5H3. The average molecular weight is 251 g/mol. The Morgan fingerprint density at radius 3 is 2.28 bits per heavy atom. The van der Waals surface area contributed by atoms with Gasteiger partial charge in [0.2, 0.25) is 0 Å². The largest absolute Gasteiger partial charge is 0.497 e. The third-order valence-corrected chi connectivity index (χ3v) is 3.81. The van der Waals surface area contributed by atoms with Gasteiger partial charge in [-0.1, -0.05) is 6.92 Å². The summed E-state index contributed by atoms with van der Waals surface area (Å²) >= 11 is 0. The number of aryl methyl sites for hydroxylation is 1. The molecular weight excluding hydrogens is 232 g/mol. The van der Waals surface area contributed by atoms with Gasteiger partial charge < -0.3 is 9.31 Å². The molecule has 5 heteroatoms. The van der Waals surface area contributed by atoms with Crippen molar-refractivity contribution in [3.8, 4) is 0 Å². The third-order valence-electron chi connectivity index (χ3n) is 3.81. The SMILES string of the molecule is CCc1cc(B2OC(C)(C)C(C)(C)O2)c(F)cn1. The lowest BCUT2D eigenvalue weighted by molar-refractivity contribution is 0.00578. The topological polar surface area (TPSA) is 31.4 Å². The van der Waals surface area contributed by atoms with Crippen molar-refractivity contribution in [1.82, 2.24) is 4.98 Å². The van der Waals surface area contributed by atoms with Crippen molar-refractivity contribution in [2.45, 2.75) is 52.2 Å². The summed E-state index contributed by atoms with van der Waals surface area (Å²) < 4.78 is 25.5. The van der Waals surface area contributed by atoms with E-state index >= 15 is 0 Å². The maximum atomic E-state index is 13.8. The normalized spacial score (nSPS) is 21.3. The lowest BCUT2D eigenvalue weighted by atomic mass is 9.79. The summed E-state index contributed by atoms with van der Waals surface area (Å²) in [6.07, 6.45) is 1.99. The molecule has 0 N–H and O–H groups in total. The zero-order valence-electron chi connectivity index (χ0n) is 11.6. The van der Waals surface area contributed by atoms with Crippen LogP contribution in [0, 0.1) is 5.82 Å². The number of hydrogen-bond acceptors (Lipinski definition) is 3. The molecule has 1 aliphatic heterocycles. The highest BCUT2D eigenvalue weighted by Crippen LogP contribution is 2.36. The predicted octanol–water partition coefficient (Wildman–Crippen LogP) is 2.08. The molecule has 0 unspecified atom stereocenters. The van der Waals surface area contributed by atoms with Gasteiger partial charge in [-0.15, -0.1) is 0 Å². The van der Waals surface area contributed by atoms with Gasteiger partial charge in [-0.25, -0.2) is 4.39 Å². The van der Waals surface area contributed by atoms with Crippen molar-refractivity contribution in [2.24, 2.45) is 0 Å². The Labute approximate surface area is 108 Å². The summed E-state index contributed by atoms with van der Waals surface area (Å²) in [7, 11) is -0.664. The molecule has 98 valence electrons. The Hall–Kier alpha value is -0.935. The molecule has 0 atom stereocenters. The zero-order valence-corrected chi connectivity index (χ0v) is 11.6. The molecule has 3 nitrogen and oxygen atoms in total. The number of hydrogen-bond donors (Lipinski definition) is 0. The first-order chi connectivity index (χ1) is 8.27. The van der Waals surface area contributed by atoms with Crippen LogP contribution in [0.25, 0.3) is 0 Å². The molecule has 1 fully saturated rings. The van der Waals surface area contributed by atoms with E-state index in [1.165, 1.54) is 6.20 Å². The van der Waals surface area contributed by atoms with Gasteiger partial charge >= 0.3 is 7.12 Å². The minimum absolute atomic E-state index is 0.384. The molecule has 0 aromatic carbocycles. The molecule has 18 heavy (non-hydrogen) atoms. The molecule has 0 bridgehead atoms. The van der Waals surface area contributed by atoms with Gasteiger partial charge in [0.05, 0.1) is 17.4 Å². The fourth-order valence-electron chi connectivity index (χ4n) is 1.84. The summed E-state index contributed by atoms with van der Waals surface area (Å²) in [5.41, 5.74) is 0.348. The summed E-state index contributed by atoms with van der Waals surface area (Å²) in [4.78, 5) is 4.02. The second kappa shape index (κ2) is 4.32. The highest BCUT2D eigenvalue weighted by Gasteiger charge is 2.52. The Balaban J connectivity index is 2.34. The summed E-state index contributed by atoms with van der Waals surface area (Å²) in [5.74, 6) is -0.384. The average Bonchev–Trinajstić information content (AvgIpc) is 2.48. The summed E-state index contributed by atoms with van der Waals surface area (Å²) in [6.45, 7) is 9.79. The first-order valence-corrected chi connectivity index (χ1v) is 6.27. The molecular formula is C13H19BFNO2. The van der Waals surface area contributed by atoms with Crippen LogP contribution in [0.5, 0.6) is 0 Å². The van der Waals surface area contributed by atoms with Gasteiger partial charge in [0.25, 0.3) is 0 Å². The van der Waals surface area contributed by atoms with Gasteiger partial charge in [0.1, 0.15) is 5.82 Å². The fraction of sp³-hybridized carbons (Fsp3) is 0.615. The lowest BCUT2D eigenvalue weighted by Gasteiger charge is -2.32. The van der Waals surface area contributed by atoms with Crippen molar-refractivity contribution in [3.05, 3.63) is 23.8 Å². The van der Waals surface area contributed by atoms with E-state index in [0.29, 0.717) is 5.46 Å². The predicted molar refractivity (Wildman–Crippen MR) is 69.3 cm³/mol. The number of aromatic nitrogens is 1. The molecule has 2 rings (SSSR count). The van der Waals surface area contributed by atoms with E-state index in [1.54, 1.807) is 6.07 Å². The van der Waals surface area contributed by atoms with Gasteiger partial charge in [0, 0.05) is 11.2 Å². The van der Waals surface area contributed by atoms with E-state index in [0.717, 1.165) is 12.1 Å². The number of halogens is 1. The first kappa shape index (κ1) is 13.5. The Bertz CT molecular complexity index is 446. The van der Waals surface area contributed by atoms with Crippen molar-refractivity contribution in [3.63, 3.8) is 0 Å². The molecule has 1 aromatic rings. The molecule has 0 spiro atoms. The fourth-order valence-corrected chi connectivity index (χ4v) is 1.84. The number of nitrogens with zero attached hydrogens (tertiary/aromatic N) is 1. The van der Waals surface area contributed by atoms with Crippen LogP contribution in [-0.2, 0) is 15.7 Å². The van der Waals surface area contributed by atoms with Crippen LogP contribution in [-0.4, -0.2) is 23.3 Å². The van der Waals surface area contributed by atoms with E-state index in [1.807, 2.05) is 34.6 Å². The van der Waals surface area contributed by atoms with Crippen molar-refractivity contribution >= 4 is 12.6 Å². The first-order valence-electron chi connectivity index (χ1n) is 6.27. The van der Waals surface area contributed by atoms with Crippen LogP contribution in [0.15, 0.2) is 12.3 Å². The van der Waals surface area contributed by atoms with Crippen LogP contribution in [0.1, 0.15) is 40.3 Å². The van der Waals surface area contributed by atoms with Crippen LogP contribution >= 0.6 is 0 Å². The van der Waals surface area contributed by atoms with E-state index in [-0.39, 0.29) is 5.82 Å². The van der Waals surface area contributed by atoms with E-state index in [9.17, 15) is 4.39 Å². The second-order valence-electron chi connectivity index (χ2n) is 5.64. The maximum absolute atomic E-state index is 13.8. The molecule has 1 aromatic heterocycles. The van der Waals surface area contributed by atoms with Crippen LogP contribution in [0.4, 0.5) is 4.39 Å². The van der Waals surface area contributed by atoms with Gasteiger partial charge in [-0.3, -0.25) is 4.98 Å². The van der Waals surface area contributed by atoms with Crippen molar-refractivity contribution in [1.29, 1.82) is 0 Å². The van der Waals surface area contributed by atoms with E-state index < -0.39 is 18.3 Å². The van der Waals surface area contributed by atoms with Crippen LogP contribution in [0.3, 0.4) is 0 Å². The Morgan fingerprint density at radius 2 is 1.78 bits per heavy atom. The number of pyridine rings is 1. The highest BCUT2D eigenvalue weighted by molar-refractivity contribution is 6.62. The molecule has 1 saturated heterocycles. The smallest absolute Gasteiger partial charge is 0.399 e. The summed E-state index contributed by atoms with van der Waals surface area (Å²) in [6, 6.07) is 1.72. The van der Waals surface area contributed by atoms with Gasteiger partial charge in [0.15, 0.2) is 0 Å². The lowest BCUT2D eigenvalue weighted by Crippen LogP contribution is -2.41. The van der Waals surface area contributed by atoms with Crippen LogP contribution in [0.2, 0.25) is 0 Å². The van der Waals surface area contributed by atoms with Gasteiger partial charge in [-0.2, -0.15) is 0 Å². The third kappa shape index (κ3) is 2.17. The molecule has 0 radical (unpaired) electrons. The highest BCUT2D eigenvalue weighted by atomic mass is 19.1. The molecule has 0 saturated carbocycles. The molecule has 2 heterocycles.